The van der Waals surface area contributed by atoms with Gasteiger partial charge in [0.15, 0.2) is 0 Å². The van der Waals surface area contributed by atoms with Gasteiger partial charge in [-0.25, -0.2) is 4.68 Å². The van der Waals surface area contributed by atoms with E-state index in [2.05, 4.69) is 25.5 Å². The summed E-state index contributed by atoms with van der Waals surface area (Å²) in [6.07, 6.45) is -2.41. The highest BCUT2D eigenvalue weighted by Gasteiger charge is 2.39. The number of hydrogen-bond acceptors (Lipinski definition) is 6. The number of hydrogen-bond donors (Lipinski definition) is 2. The molecule has 2 fully saturated rings. The van der Waals surface area contributed by atoms with Gasteiger partial charge in [0.1, 0.15) is 11.5 Å². The van der Waals surface area contributed by atoms with Gasteiger partial charge in [0.25, 0.3) is 0 Å². The van der Waals surface area contributed by atoms with Gasteiger partial charge in [-0.15, -0.1) is 18.3 Å². The Kier molecular flexibility index (Phi) is 5.28. The topological polar surface area (TPSA) is 73.2 Å². The fourth-order valence-corrected chi connectivity index (χ4v) is 4.09. The Balaban J connectivity index is 1.52. The van der Waals surface area contributed by atoms with Gasteiger partial charge in [-0.05, 0) is 63.7 Å². The van der Waals surface area contributed by atoms with E-state index in [9.17, 15) is 13.2 Å². The number of aromatic nitrogens is 3. The highest BCUT2D eigenvalue weighted by molar-refractivity contribution is 5.36. The molecule has 1 aromatic heterocycles. The zero-order valence-corrected chi connectivity index (χ0v) is 16.2. The smallest absolute Gasteiger partial charge is 0.424 e. The molecule has 1 aliphatic heterocycles. The van der Waals surface area contributed by atoms with Crippen LogP contribution in [0.25, 0.3) is 0 Å². The summed E-state index contributed by atoms with van der Waals surface area (Å²) in [4.78, 5) is 4.46. The maximum absolute atomic E-state index is 12.5. The molecular formula is C19H24F3N5O2. The Hall–Kier alpha value is -2.49. The molecule has 4 rings (SSSR count). The minimum atomic E-state index is -4.76. The maximum Gasteiger partial charge on any atom is 0.573 e. The highest BCUT2D eigenvalue weighted by atomic mass is 19.4. The summed E-state index contributed by atoms with van der Waals surface area (Å²) in [5.74, 6) is 1.39. The van der Waals surface area contributed by atoms with Gasteiger partial charge in [-0.1, -0.05) is 6.07 Å². The van der Waals surface area contributed by atoms with Crippen LogP contribution < -0.4 is 20.1 Å². The van der Waals surface area contributed by atoms with Crippen LogP contribution in [0.3, 0.4) is 0 Å². The number of nitrogens with one attached hydrogen (secondary N) is 2. The molecule has 3 atom stereocenters. The Morgan fingerprint density at radius 1 is 1.17 bits per heavy atom. The van der Waals surface area contributed by atoms with E-state index in [0.717, 1.165) is 13.1 Å². The Morgan fingerprint density at radius 3 is 2.52 bits per heavy atom. The third-order valence-electron chi connectivity index (χ3n) is 5.37. The van der Waals surface area contributed by atoms with Crippen LogP contribution in [0.5, 0.6) is 17.5 Å². The van der Waals surface area contributed by atoms with E-state index in [-0.39, 0.29) is 23.6 Å². The molecule has 10 heteroatoms. The second kappa shape index (κ2) is 7.74. The van der Waals surface area contributed by atoms with E-state index in [1.807, 2.05) is 13.8 Å². The first-order valence-corrected chi connectivity index (χ1v) is 9.76. The third kappa shape index (κ3) is 4.58. The summed E-state index contributed by atoms with van der Waals surface area (Å²) in [6.45, 7) is 5.83. The van der Waals surface area contributed by atoms with Crippen LogP contribution in [0.2, 0.25) is 0 Å². The second-order valence-corrected chi connectivity index (χ2v) is 7.81. The van der Waals surface area contributed by atoms with Gasteiger partial charge in [-0.2, -0.15) is 4.98 Å². The number of halogens is 3. The van der Waals surface area contributed by atoms with Gasteiger partial charge in [0.2, 0.25) is 5.95 Å². The largest absolute Gasteiger partial charge is 0.573 e. The summed E-state index contributed by atoms with van der Waals surface area (Å²) in [5, 5.41) is 11.4. The van der Waals surface area contributed by atoms with Crippen molar-refractivity contribution in [2.45, 2.75) is 45.1 Å². The van der Waals surface area contributed by atoms with E-state index in [4.69, 9.17) is 4.74 Å². The van der Waals surface area contributed by atoms with Crippen LogP contribution in [0.15, 0.2) is 24.3 Å². The Labute approximate surface area is 166 Å². The zero-order valence-electron chi connectivity index (χ0n) is 16.2. The fraction of sp³-hybridized carbons (Fsp3) is 0.579. The molecule has 0 unspecified atom stereocenters. The van der Waals surface area contributed by atoms with Crippen molar-refractivity contribution < 1.29 is 22.6 Å². The molecule has 1 aromatic carbocycles. The number of benzene rings is 1. The van der Waals surface area contributed by atoms with Gasteiger partial charge < -0.3 is 20.1 Å². The van der Waals surface area contributed by atoms with Crippen LogP contribution in [-0.4, -0.2) is 40.3 Å². The molecule has 0 spiro atoms. The van der Waals surface area contributed by atoms with Crippen LogP contribution in [0, 0.1) is 11.8 Å². The van der Waals surface area contributed by atoms with Gasteiger partial charge in [-0.3, -0.25) is 0 Å². The second-order valence-electron chi connectivity index (χ2n) is 7.81. The lowest BCUT2D eigenvalue weighted by atomic mass is 9.94. The predicted molar refractivity (Wildman–Crippen MR) is 100 cm³/mol. The van der Waals surface area contributed by atoms with E-state index < -0.39 is 6.36 Å². The average Bonchev–Trinajstić information content (AvgIpc) is 3.10. The molecular weight excluding hydrogens is 387 g/mol. The normalized spacial score (nSPS) is 24.0. The first-order valence-electron chi connectivity index (χ1n) is 9.76. The summed E-state index contributed by atoms with van der Waals surface area (Å²) in [5.41, 5.74) is 0. The number of piperidine rings is 1. The molecule has 1 aliphatic carbocycles. The average molecular weight is 411 g/mol. The van der Waals surface area contributed by atoms with Crippen molar-refractivity contribution in [3.63, 3.8) is 0 Å². The van der Waals surface area contributed by atoms with E-state index in [0.29, 0.717) is 23.8 Å². The number of anilines is 1. The van der Waals surface area contributed by atoms with E-state index >= 15 is 0 Å². The van der Waals surface area contributed by atoms with Crippen LogP contribution in [0.1, 0.15) is 32.7 Å². The zero-order chi connectivity index (χ0) is 20.6. The van der Waals surface area contributed by atoms with Gasteiger partial charge >= 0.3 is 12.4 Å². The lowest BCUT2D eigenvalue weighted by Gasteiger charge is -2.30. The molecule has 1 saturated heterocycles. The minimum Gasteiger partial charge on any atom is -0.424 e. The highest BCUT2D eigenvalue weighted by Crippen LogP contribution is 2.36. The number of fused-ring (bicyclic) bond motifs is 2. The van der Waals surface area contributed by atoms with E-state index in [1.54, 1.807) is 10.7 Å². The molecule has 2 bridgehead atoms. The predicted octanol–water partition coefficient (Wildman–Crippen LogP) is 3.96. The maximum atomic E-state index is 12.5. The lowest BCUT2D eigenvalue weighted by Crippen LogP contribution is -2.45. The Morgan fingerprint density at radius 2 is 1.86 bits per heavy atom. The number of alkyl halides is 3. The van der Waals surface area contributed by atoms with Crippen molar-refractivity contribution in [2.75, 3.05) is 18.4 Å². The van der Waals surface area contributed by atoms with Crippen molar-refractivity contribution in [2.24, 2.45) is 11.8 Å². The number of nitrogens with zero attached hydrogens (tertiary/aromatic N) is 3. The summed E-state index contributed by atoms with van der Waals surface area (Å²) >= 11 is 0. The monoisotopic (exact) mass is 411 g/mol. The molecule has 29 heavy (non-hydrogen) atoms. The van der Waals surface area contributed by atoms with E-state index in [1.165, 1.54) is 31.0 Å². The Bertz CT molecular complexity index is 839. The van der Waals surface area contributed by atoms with Crippen LogP contribution in [-0.2, 0) is 0 Å². The SMILES string of the molecule is CC(C)n1nc(N[C@@H]2[C@@H]3CC[C@H]2CNC3)nc1Oc1cccc(OC(F)(F)F)c1. The third-order valence-corrected chi connectivity index (χ3v) is 5.37. The van der Waals surface area contributed by atoms with Crippen molar-refractivity contribution in [1.29, 1.82) is 0 Å². The fourth-order valence-electron chi connectivity index (χ4n) is 4.09. The first-order chi connectivity index (χ1) is 13.8. The quantitative estimate of drug-likeness (QED) is 0.750. The molecule has 2 aliphatic rings. The standard InChI is InChI=1S/C19H24F3N5O2/c1-11(2)27-18(28-14-4-3-5-15(8-14)29-19(20,21)22)25-17(26-27)24-16-12-6-7-13(16)10-23-9-12/h3-5,8,11-13,16,23H,6-7,9-10H2,1-2H3,(H,24,26)/t12-,13+,16-. The van der Waals surface area contributed by atoms with Crippen molar-refractivity contribution in [1.82, 2.24) is 20.1 Å². The minimum absolute atomic E-state index is 0.0348. The molecule has 1 saturated carbocycles. The molecule has 7 nitrogen and oxygen atoms in total. The van der Waals surface area contributed by atoms with Crippen LogP contribution in [0.4, 0.5) is 19.1 Å². The molecule has 0 amide bonds. The van der Waals surface area contributed by atoms with Crippen molar-refractivity contribution in [3.05, 3.63) is 24.3 Å². The molecule has 2 heterocycles. The van der Waals surface area contributed by atoms with Gasteiger partial charge in [0.05, 0.1) is 6.04 Å². The molecule has 2 aromatic rings. The summed E-state index contributed by atoms with van der Waals surface area (Å²) in [6, 6.07) is 5.86. The van der Waals surface area contributed by atoms with Crippen molar-refractivity contribution >= 4 is 5.95 Å². The molecule has 2 N–H and O–H groups in total. The van der Waals surface area contributed by atoms with Crippen LogP contribution >= 0.6 is 0 Å². The van der Waals surface area contributed by atoms with Gasteiger partial charge in [0, 0.05) is 12.1 Å². The van der Waals surface area contributed by atoms with Crippen molar-refractivity contribution in [3.8, 4) is 17.5 Å². The summed E-state index contributed by atoms with van der Waals surface area (Å²) < 4.78 is 48.7. The molecule has 0 radical (unpaired) electrons. The number of ether oxygens (including phenoxy) is 2. The summed E-state index contributed by atoms with van der Waals surface area (Å²) in [7, 11) is 0. The number of rotatable bonds is 6. The molecule has 158 valence electrons. The lowest BCUT2D eigenvalue weighted by molar-refractivity contribution is -0.274. The first kappa shape index (κ1) is 19.8.